The molecule has 1 amide bonds. The smallest absolute Gasteiger partial charge is 0.254 e. The molecule has 2 heterocycles. The minimum atomic E-state index is -1.02. The first-order chi connectivity index (χ1) is 14.0. The topological polar surface area (TPSA) is 36.4 Å². The quantitative estimate of drug-likeness (QED) is 0.579. The third-order valence-corrected chi connectivity index (χ3v) is 5.71. The zero-order chi connectivity index (χ0) is 20.4. The molecule has 0 bridgehead atoms. The second-order valence-corrected chi connectivity index (χ2v) is 7.77. The molecule has 0 unspecified atom stereocenters. The van der Waals surface area contributed by atoms with Crippen LogP contribution in [0, 0.1) is 17.5 Å². The number of amides is 1. The lowest BCUT2D eigenvalue weighted by Crippen LogP contribution is -2.48. The van der Waals surface area contributed by atoms with Gasteiger partial charge in [0, 0.05) is 42.7 Å². The molecule has 3 aromatic rings. The Labute approximate surface area is 182 Å². The number of rotatable bonds is 4. The van der Waals surface area contributed by atoms with Crippen LogP contribution in [0.15, 0.2) is 47.8 Å². The lowest BCUT2D eigenvalue weighted by Gasteiger charge is -2.34. The maximum Gasteiger partial charge on any atom is 0.254 e. The van der Waals surface area contributed by atoms with Crippen molar-refractivity contribution in [2.24, 2.45) is 0 Å². The van der Waals surface area contributed by atoms with Crippen LogP contribution in [0.2, 0.25) is 0 Å². The Morgan fingerprint density at radius 2 is 1.67 bits per heavy atom. The number of benzene rings is 2. The number of hydrogen-bond acceptors (Lipinski definition) is 4. The van der Waals surface area contributed by atoms with Gasteiger partial charge < -0.3 is 4.90 Å². The summed E-state index contributed by atoms with van der Waals surface area (Å²) in [6.07, 6.45) is 0. The Balaban J connectivity index is 0.00000256. The third kappa shape index (κ3) is 5.00. The zero-order valence-corrected chi connectivity index (χ0v) is 17.5. The first-order valence-electron chi connectivity index (χ1n) is 9.16. The van der Waals surface area contributed by atoms with Gasteiger partial charge in [0.2, 0.25) is 0 Å². The predicted molar refractivity (Wildman–Crippen MR) is 112 cm³/mol. The van der Waals surface area contributed by atoms with Crippen LogP contribution in [0.25, 0.3) is 11.3 Å². The average molecular weight is 454 g/mol. The van der Waals surface area contributed by atoms with E-state index >= 15 is 0 Å². The van der Waals surface area contributed by atoms with Crippen LogP contribution < -0.4 is 0 Å². The van der Waals surface area contributed by atoms with E-state index in [-0.39, 0.29) is 29.7 Å². The summed E-state index contributed by atoms with van der Waals surface area (Å²) in [5, 5.41) is 2.90. The summed E-state index contributed by atoms with van der Waals surface area (Å²) < 4.78 is 39.5. The van der Waals surface area contributed by atoms with Crippen LogP contribution in [0.5, 0.6) is 0 Å². The normalized spacial score (nSPS) is 14.4. The number of nitrogens with zero attached hydrogens (tertiary/aromatic N) is 3. The van der Waals surface area contributed by atoms with Gasteiger partial charge in [0.1, 0.15) is 10.8 Å². The van der Waals surface area contributed by atoms with Crippen molar-refractivity contribution in [3.05, 3.63) is 75.9 Å². The minimum Gasteiger partial charge on any atom is -0.336 e. The van der Waals surface area contributed by atoms with Crippen molar-refractivity contribution in [1.82, 2.24) is 14.8 Å². The molecule has 4 nitrogen and oxygen atoms in total. The summed E-state index contributed by atoms with van der Waals surface area (Å²) in [6, 6.07) is 9.46. The second kappa shape index (κ2) is 9.59. The number of halogens is 4. The van der Waals surface area contributed by atoms with Crippen LogP contribution in [-0.4, -0.2) is 46.9 Å². The number of piperazine rings is 1. The number of thiazole rings is 1. The summed E-state index contributed by atoms with van der Waals surface area (Å²) >= 11 is 1.54. The average Bonchev–Trinajstić information content (AvgIpc) is 3.19. The van der Waals surface area contributed by atoms with Crippen LogP contribution in [0.1, 0.15) is 15.4 Å². The maximum atomic E-state index is 13.4. The minimum absolute atomic E-state index is 0. The number of carbonyl (C=O) groups excluding carboxylic acids is 1. The largest absolute Gasteiger partial charge is 0.336 e. The Bertz CT molecular complexity index is 1020. The van der Waals surface area contributed by atoms with Crippen molar-refractivity contribution in [3.63, 3.8) is 0 Å². The molecule has 9 heteroatoms. The van der Waals surface area contributed by atoms with Crippen LogP contribution >= 0.6 is 23.7 Å². The van der Waals surface area contributed by atoms with E-state index in [1.807, 2.05) is 5.38 Å². The number of hydrogen-bond donors (Lipinski definition) is 0. The van der Waals surface area contributed by atoms with E-state index in [1.54, 1.807) is 28.4 Å². The molecule has 1 aliphatic rings. The third-order valence-electron chi connectivity index (χ3n) is 4.88. The van der Waals surface area contributed by atoms with Gasteiger partial charge in [0.25, 0.3) is 5.91 Å². The zero-order valence-electron chi connectivity index (χ0n) is 15.9. The molecule has 0 atom stereocenters. The van der Waals surface area contributed by atoms with Gasteiger partial charge in [-0.2, -0.15) is 0 Å². The fourth-order valence-electron chi connectivity index (χ4n) is 3.25. The summed E-state index contributed by atoms with van der Waals surface area (Å²) in [7, 11) is 0. The van der Waals surface area contributed by atoms with Crippen molar-refractivity contribution in [2.45, 2.75) is 6.54 Å². The molecule has 0 spiro atoms. The summed E-state index contributed by atoms with van der Waals surface area (Å²) in [5.74, 6) is -2.55. The highest BCUT2D eigenvalue weighted by molar-refractivity contribution is 7.09. The first kappa shape index (κ1) is 22.3. The van der Waals surface area contributed by atoms with Crippen molar-refractivity contribution in [2.75, 3.05) is 26.2 Å². The fourth-order valence-corrected chi connectivity index (χ4v) is 4.09. The molecule has 2 aromatic carbocycles. The Kier molecular flexibility index (Phi) is 7.12. The lowest BCUT2D eigenvalue weighted by molar-refractivity contribution is 0.0628. The molecule has 4 rings (SSSR count). The molecule has 0 aliphatic carbocycles. The van der Waals surface area contributed by atoms with Gasteiger partial charge in [-0.05, 0) is 42.5 Å². The Hall–Kier alpha value is -2.42. The molecule has 1 aliphatic heterocycles. The van der Waals surface area contributed by atoms with Gasteiger partial charge in [-0.15, -0.1) is 23.7 Å². The molecule has 0 N–H and O–H groups in total. The molecule has 158 valence electrons. The van der Waals surface area contributed by atoms with E-state index in [9.17, 15) is 18.0 Å². The van der Waals surface area contributed by atoms with E-state index in [4.69, 9.17) is 0 Å². The fraction of sp³-hybridized carbons (Fsp3) is 0.238. The van der Waals surface area contributed by atoms with E-state index in [1.165, 1.54) is 18.2 Å². The van der Waals surface area contributed by atoms with Crippen LogP contribution in [-0.2, 0) is 6.54 Å². The molecule has 1 aromatic heterocycles. The highest BCUT2D eigenvalue weighted by Crippen LogP contribution is 2.23. The highest BCUT2D eigenvalue weighted by Gasteiger charge is 2.23. The Morgan fingerprint density at radius 1 is 0.967 bits per heavy atom. The van der Waals surface area contributed by atoms with Crippen molar-refractivity contribution >= 4 is 29.7 Å². The first-order valence-corrected chi connectivity index (χ1v) is 10.0. The maximum absolute atomic E-state index is 13.4. The number of aromatic nitrogens is 1. The summed E-state index contributed by atoms with van der Waals surface area (Å²) in [6.45, 7) is 3.02. The van der Waals surface area contributed by atoms with E-state index in [0.717, 1.165) is 28.4 Å². The molecule has 30 heavy (non-hydrogen) atoms. The van der Waals surface area contributed by atoms with Gasteiger partial charge >= 0.3 is 0 Å². The van der Waals surface area contributed by atoms with Gasteiger partial charge in [-0.1, -0.05) is 0 Å². The van der Waals surface area contributed by atoms with Gasteiger partial charge in [0.15, 0.2) is 11.6 Å². The molecule has 1 saturated heterocycles. The molecule has 0 radical (unpaired) electrons. The lowest BCUT2D eigenvalue weighted by atomic mass is 10.1. The second-order valence-electron chi connectivity index (χ2n) is 6.83. The van der Waals surface area contributed by atoms with Crippen LogP contribution in [0.3, 0.4) is 0 Å². The standard InChI is InChI=1S/C21H18F3N3OS.ClH/c22-16-4-1-14(2-5-16)19-13-29-20(25-19)12-26-7-9-27(10-8-26)21(28)15-3-6-17(23)18(24)11-15;/h1-6,11,13H,7-10,12H2;1H. The molecular weight excluding hydrogens is 435 g/mol. The molecule has 0 saturated carbocycles. The van der Waals surface area contributed by atoms with Crippen molar-refractivity contribution in [3.8, 4) is 11.3 Å². The van der Waals surface area contributed by atoms with Crippen molar-refractivity contribution < 1.29 is 18.0 Å². The van der Waals surface area contributed by atoms with E-state index < -0.39 is 11.6 Å². The summed E-state index contributed by atoms with van der Waals surface area (Å²) in [5.41, 5.74) is 1.84. The summed E-state index contributed by atoms with van der Waals surface area (Å²) in [4.78, 5) is 21.0. The molecular formula is C21H19ClF3N3OS. The molecule has 1 fully saturated rings. The van der Waals surface area contributed by atoms with E-state index in [2.05, 4.69) is 9.88 Å². The van der Waals surface area contributed by atoms with Gasteiger partial charge in [0.05, 0.1) is 12.2 Å². The van der Waals surface area contributed by atoms with Crippen LogP contribution in [0.4, 0.5) is 13.2 Å². The highest BCUT2D eigenvalue weighted by atomic mass is 35.5. The van der Waals surface area contributed by atoms with E-state index in [0.29, 0.717) is 32.7 Å². The van der Waals surface area contributed by atoms with Gasteiger partial charge in [-0.3, -0.25) is 9.69 Å². The number of carbonyl (C=O) groups is 1. The monoisotopic (exact) mass is 453 g/mol. The van der Waals surface area contributed by atoms with Gasteiger partial charge in [-0.25, -0.2) is 18.2 Å². The predicted octanol–water partition coefficient (Wildman–Crippen LogP) is 4.61. The van der Waals surface area contributed by atoms with Crippen molar-refractivity contribution in [1.29, 1.82) is 0 Å². The Morgan fingerprint density at radius 3 is 2.33 bits per heavy atom. The SMILES string of the molecule is Cl.O=C(c1ccc(F)c(F)c1)N1CCN(Cc2nc(-c3ccc(F)cc3)cs2)CC1.